The van der Waals surface area contributed by atoms with Gasteiger partial charge in [0.2, 0.25) is 0 Å². The van der Waals surface area contributed by atoms with E-state index >= 15 is 0 Å². The van der Waals surface area contributed by atoms with Gasteiger partial charge in [0.1, 0.15) is 11.6 Å². The minimum Gasteiger partial charge on any atom is -0.480 e. The van der Waals surface area contributed by atoms with E-state index in [1.165, 1.54) is 11.1 Å². The van der Waals surface area contributed by atoms with E-state index in [0.717, 1.165) is 42.2 Å². The summed E-state index contributed by atoms with van der Waals surface area (Å²) in [6, 6.07) is 18.1. The fourth-order valence-electron chi connectivity index (χ4n) is 4.07. The summed E-state index contributed by atoms with van der Waals surface area (Å²) in [4.78, 5) is 19.4. The van der Waals surface area contributed by atoms with Crippen molar-refractivity contribution >= 4 is 23.3 Å². The first-order valence-corrected chi connectivity index (χ1v) is 10.5. The Morgan fingerprint density at radius 1 is 1.13 bits per heavy atom. The Bertz CT molecular complexity index is 1080. The molecule has 3 aromatic rings. The van der Waals surface area contributed by atoms with E-state index in [0.29, 0.717) is 18.0 Å². The lowest BCUT2D eigenvalue weighted by atomic mass is 10.00. The maximum Gasteiger partial charge on any atom is 0.261 e. The highest BCUT2D eigenvalue weighted by atomic mass is 35.5. The lowest BCUT2D eigenvalue weighted by molar-refractivity contribution is -0.127. The van der Waals surface area contributed by atoms with E-state index in [-0.39, 0.29) is 5.91 Å². The van der Waals surface area contributed by atoms with Crippen LogP contribution in [0.4, 0.5) is 5.82 Å². The fraction of sp³-hybridized carbons (Fsp3) is 0.250. The average molecular weight is 420 g/mol. The predicted octanol–water partition coefficient (Wildman–Crippen LogP) is 3.92. The van der Waals surface area contributed by atoms with Gasteiger partial charge in [-0.25, -0.2) is 4.98 Å². The van der Waals surface area contributed by atoms with Crippen molar-refractivity contribution in [2.24, 2.45) is 0 Å². The third-order valence-electron chi connectivity index (χ3n) is 5.72. The number of aromatic nitrogens is 1. The smallest absolute Gasteiger partial charge is 0.261 e. The number of amides is 1. The molecule has 0 spiro atoms. The molecule has 0 saturated carbocycles. The molecule has 5 rings (SSSR count). The summed E-state index contributed by atoms with van der Waals surface area (Å²) in [5, 5.41) is 3.61. The Kier molecular flexibility index (Phi) is 5.05. The molecule has 6 heteroatoms. The number of halogens is 1. The van der Waals surface area contributed by atoms with Crippen LogP contribution in [0.25, 0.3) is 0 Å². The van der Waals surface area contributed by atoms with Crippen molar-refractivity contribution in [1.29, 1.82) is 0 Å². The molecule has 2 aromatic carbocycles. The van der Waals surface area contributed by atoms with Crippen LogP contribution in [-0.2, 0) is 30.7 Å². The average Bonchev–Trinajstić information content (AvgIpc) is 3.21. The molecule has 0 radical (unpaired) electrons. The lowest BCUT2D eigenvalue weighted by Gasteiger charge is -2.29. The largest absolute Gasteiger partial charge is 0.480 e. The maximum absolute atomic E-state index is 12.5. The number of carbonyl (C=O) groups is 1. The highest BCUT2D eigenvalue weighted by molar-refractivity contribution is 6.30. The van der Waals surface area contributed by atoms with Crippen LogP contribution in [0.1, 0.15) is 22.3 Å². The first kappa shape index (κ1) is 18.9. The number of pyridine rings is 1. The summed E-state index contributed by atoms with van der Waals surface area (Å²) in [5.41, 5.74) is 4.72. The minimum atomic E-state index is -0.515. The molecule has 0 fully saturated rings. The standard InChI is InChI=1S/C24H22ClN3O2/c25-20-6-7-21-19(11-20)12-22(30-21)24(29)27-14-16-5-8-23(26-13-16)28-10-9-17-3-1-2-4-18(17)15-28/h1-8,11,13,22H,9-10,12,14-15H2,(H,27,29). The van der Waals surface area contributed by atoms with Gasteiger partial charge in [-0.15, -0.1) is 0 Å². The van der Waals surface area contributed by atoms with E-state index in [1.807, 2.05) is 30.5 Å². The van der Waals surface area contributed by atoms with Crippen molar-refractivity contribution < 1.29 is 9.53 Å². The van der Waals surface area contributed by atoms with Gasteiger partial charge in [-0.1, -0.05) is 41.9 Å². The van der Waals surface area contributed by atoms with Gasteiger partial charge in [-0.3, -0.25) is 4.79 Å². The number of carbonyl (C=O) groups excluding carboxylic acids is 1. The first-order valence-electron chi connectivity index (χ1n) is 10.2. The Morgan fingerprint density at radius 3 is 2.83 bits per heavy atom. The number of anilines is 1. The van der Waals surface area contributed by atoms with Crippen molar-refractivity contribution in [2.45, 2.75) is 32.0 Å². The van der Waals surface area contributed by atoms with Gasteiger partial charge in [0.15, 0.2) is 6.10 Å². The summed E-state index contributed by atoms with van der Waals surface area (Å²) < 4.78 is 5.75. The number of hydrogen-bond donors (Lipinski definition) is 1. The number of rotatable bonds is 4. The van der Waals surface area contributed by atoms with Gasteiger partial charge in [-0.05, 0) is 52.9 Å². The van der Waals surface area contributed by atoms with E-state index < -0.39 is 6.10 Å². The van der Waals surface area contributed by atoms with Crippen molar-refractivity contribution in [3.8, 4) is 5.75 Å². The number of nitrogens with one attached hydrogen (secondary N) is 1. The first-order chi connectivity index (χ1) is 14.7. The van der Waals surface area contributed by atoms with E-state index in [1.54, 1.807) is 6.07 Å². The molecule has 3 heterocycles. The van der Waals surface area contributed by atoms with Crippen LogP contribution in [-0.4, -0.2) is 23.5 Å². The summed E-state index contributed by atoms with van der Waals surface area (Å²) in [7, 11) is 0. The van der Waals surface area contributed by atoms with Crippen LogP contribution in [0.15, 0.2) is 60.8 Å². The zero-order valence-electron chi connectivity index (χ0n) is 16.5. The molecule has 30 heavy (non-hydrogen) atoms. The monoisotopic (exact) mass is 419 g/mol. The van der Waals surface area contributed by atoms with Crippen molar-refractivity contribution in [1.82, 2.24) is 10.3 Å². The van der Waals surface area contributed by atoms with Crippen molar-refractivity contribution in [3.05, 3.63) is 88.1 Å². The zero-order chi connectivity index (χ0) is 20.5. The SMILES string of the molecule is O=C(NCc1ccc(N2CCc3ccccc3C2)nc1)C1Cc2cc(Cl)ccc2O1. The molecular weight excluding hydrogens is 398 g/mol. The van der Waals surface area contributed by atoms with Crippen LogP contribution < -0.4 is 15.0 Å². The topological polar surface area (TPSA) is 54.5 Å². The maximum atomic E-state index is 12.5. The van der Waals surface area contributed by atoms with Gasteiger partial charge in [0.05, 0.1) is 0 Å². The van der Waals surface area contributed by atoms with Crippen LogP contribution in [0.5, 0.6) is 5.75 Å². The Morgan fingerprint density at radius 2 is 2.00 bits per heavy atom. The van der Waals surface area contributed by atoms with Gasteiger partial charge >= 0.3 is 0 Å². The molecule has 5 nitrogen and oxygen atoms in total. The van der Waals surface area contributed by atoms with Crippen LogP contribution in [0.2, 0.25) is 5.02 Å². The Balaban J connectivity index is 1.17. The molecule has 1 atom stereocenters. The summed E-state index contributed by atoms with van der Waals surface area (Å²) in [6.07, 6.45) is 2.89. The Hall–Kier alpha value is -3.05. The molecule has 0 aliphatic carbocycles. The highest BCUT2D eigenvalue weighted by Gasteiger charge is 2.29. The molecule has 0 saturated heterocycles. The third kappa shape index (κ3) is 3.85. The molecule has 1 amide bonds. The normalized spacial score (nSPS) is 17.1. The highest BCUT2D eigenvalue weighted by Crippen LogP contribution is 2.31. The van der Waals surface area contributed by atoms with Gasteiger partial charge in [0, 0.05) is 37.3 Å². The van der Waals surface area contributed by atoms with E-state index in [9.17, 15) is 4.79 Å². The number of nitrogens with zero attached hydrogens (tertiary/aromatic N) is 2. The van der Waals surface area contributed by atoms with Crippen LogP contribution >= 0.6 is 11.6 Å². The lowest BCUT2D eigenvalue weighted by Crippen LogP contribution is -2.37. The van der Waals surface area contributed by atoms with E-state index in [4.69, 9.17) is 16.3 Å². The van der Waals surface area contributed by atoms with Crippen LogP contribution in [0.3, 0.4) is 0 Å². The molecule has 2 aliphatic rings. The quantitative estimate of drug-likeness (QED) is 0.696. The zero-order valence-corrected chi connectivity index (χ0v) is 17.2. The molecule has 1 unspecified atom stereocenters. The Labute approximate surface area is 180 Å². The van der Waals surface area contributed by atoms with Crippen molar-refractivity contribution in [3.63, 3.8) is 0 Å². The summed E-state index contributed by atoms with van der Waals surface area (Å²) in [6.45, 7) is 2.26. The number of hydrogen-bond acceptors (Lipinski definition) is 4. The molecule has 152 valence electrons. The van der Waals surface area contributed by atoms with Crippen LogP contribution in [0, 0.1) is 0 Å². The van der Waals surface area contributed by atoms with E-state index in [2.05, 4.69) is 39.5 Å². The number of benzene rings is 2. The fourth-order valence-corrected chi connectivity index (χ4v) is 4.26. The number of fused-ring (bicyclic) bond motifs is 2. The summed E-state index contributed by atoms with van der Waals surface area (Å²) in [5.74, 6) is 1.57. The molecule has 0 bridgehead atoms. The molecule has 1 aromatic heterocycles. The van der Waals surface area contributed by atoms with Crippen molar-refractivity contribution in [2.75, 3.05) is 11.4 Å². The van der Waals surface area contributed by atoms with Gasteiger partial charge in [0.25, 0.3) is 5.91 Å². The second-order valence-corrected chi connectivity index (χ2v) is 8.18. The molecule has 2 aliphatic heterocycles. The van der Waals surface area contributed by atoms with Gasteiger partial charge in [-0.2, -0.15) is 0 Å². The summed E-state index contributed by atoms with van der Waals surface area (Å²) >= 11 is 6.02. The third-order valence-corrected chi connectivity index (χ3v) is 5.96. The minimum absolute atomic E-state index is 0.126. The number of ether oxygens (including phenoxy) is 1. The molecule has 1 N–H and O–H groups in total. The predicted molar refractivity (Wildman–Crippen MR) is 117 cm³/mol. The second kappa shape index (κ2) is 8.00. The molecular formula is C24H22ClN3O2. The second-order valence-electron chi connectivity index (χ2n) is 7.75. The van der Waals surface area contributed by atoms with Gasteiger partial charge < -0.3 is 15.0 Å².